The van der Waals surface area contributed by atoms with Gasteiger partial charge in [0.05, 0.1) is 6.04 Å². The van der Waals surface area contributed by atoms with Gasteiger partial charge in [-0.3, -0.25) is 43.2 Å². The van der Waals surface area contributed by atoms with Gasteiger partial charge >= 0.3 is 0 Å². The molecular formula is C78H106N18O9. The Morgan fingerprint density at radius 1 is 0.305 bits per heavy atom. The van der Waals surface area contributed by atoms with E-state index in [4.69, 9.17) is 40.1 Å². The number of carbonyl (C=O) groups excluding carboxylic acids is 9. The number of primary amides is 1. The first-order chi connectivity index (χ1) is 50.9. The van der Waals surface area contributed by atoms with Crippen LogP contribution in [0.25, 0.3) is 32.7 Å². The maximum Gasteiger partial charge on any atom is 0.244 e. The third kappa shape index (κ3) is 23.6. The fourth-order valence-electron chi connectivity index (χ4n) is 13.3. The number of benzene rings is 5. The van der Waals surface area contributed by atoms with Gasteiger partial charge in [-0.15, -0.1) is 0 Å². The van der Waals surface area contributed by atoms with E-state index in [1.165, 1.54) is 0 Å². The highest BCUT2D eigenvalue weighted by atomic mass is 16.2. The molecule has 25 N–H and O–H groups in total. The first-order valence-electron chi connectivity index (χ1n) is 36.7. The molecule has 8 rings (SSSR count). The number of carbonyl (C=O) groups is 9. The highest BCUT2D eigenvalue weighted by Gasteiger charge is 2.39. The van der Waals surface area contributed by atoms with E-state index >= 15 is 19.2 Å². The standard InChI is InChI=1S/C78H106N18O9/c79-38-18-13-33-61(70(85)97)89-76(103)66(44-52-47-87-59-31-11-8-28-55(52)59)94-74(101)63(35-15-20-40-81)92-73(100)65(37-17-22-42-83)93-78(105)69(68(49-23-3-1-4-24-49)50-25-5-2-6-26-50)96-77(104)67(45-53-48-88-60-32-12-9-29-56(53)60)95-75(102)64(36-16-21-41-82)91-72(99)62(34-14-19-39-80)90-71(98)57(84)43-51-46-86-58-30-10-7-27-54(51)58/h1-12,23-32,46-48,57,61-69,86-88H,13-22,33-45,79-84H2,(H2,85,97)(H,89,103)(H,90,98)(H,91,99)(H,92,100)(H,93,105)(H,94,101)(H,95,102)(H,96,104)/t57-,61-,62-,63-,64-,65-,66-,67-,69?/m0/s1. The zero-order valence-corrected chi connectivity index (χ0v) is 59.7. The van der Waals surface area contributed by atoms with E-state index in [0.29, 0.717) is 99.6 Å². The van der Waals surface area contributed by atoms with Gasteiger partial charge in [0.15, 0.2) is 0 Å². The van der Waals surface area contributed by atoms with Crippen LogP contribution in [0, 0.1) is 0 Å². The van der Waals surface area contributed by atoms with Crippen molar-refractivity contribution in [2.75, 3.05) is 32.7 Å². The number of H-pyrrole nitrogens is 3. The Hall–Kier alpha value is -10.3. The SMILES string of the molecule is NCCCC[C@H](NC(=O)[C@H](Cc1c[nH]c2ccccc12)NC(=O)[C@H](CCCCN)NC(=O)[C@H](CCCCN)NC(=O)C(NC(=O)[C@H](Cc1c[nH]c2ccccc12)NC(=O)[C@H](CCCCN)NC(=O)[C@H](CCCCN)NC(=O)[C@@H](N)Cc1c[nH]c2ccccc12)C(c1ccccc1)c1ccccc1)C(N)=O. The molecule has 0 aliphatic rings. The van der Waals surface area contributed by atoms with Crippen LogP contribution in [0.3, 0.4) is 0 Å². The fraction of sp³-hybridized carbons (Fsp3) is 0.423. The average molecular weight is 1440 g/mol. The van der Waals surface area contributed by atoms with Gasteiger partial charge in [-0.1, -0.05) is 115 Å². The Morgan fingerprint density at radius 3 is 0.933 bits per heavy atom. The molecule has 3 aromatic heterocycles. The number of aromatic amines is 3. The van der Waals surface area contributed by atoms with Crippen LogP contribution in [-0.4, -0.2) is 155 Å². The van der Waals surface area contributed by atoms with E-state index in [0.717, 1.165) is 38.3 Å². The number of aromatic nitrogens is 3. The Labute approximate surface area is 612 Å². The molecular weight excluding hydrogens is 1330 g/mol. The van der Waals surface area contributed by atoms with E-state index < -0.39 is 113 Å². The predicted molar refractivity (Wildman–Crippen MR) is 408 cm³/mol. The minimum atomic E-state index is -1.54. The molecule has 0 aliphatic heterocycles. The van der Waals surface area contributed by atoms with E-state index in [2.05, 4.69) is 57.5 Å². The number of nitrogens with one attached hydrogen (secondary N) is 11. The monoisotopic (exact) mass is 1440 g/mol. The first kappa shape index (κ1) is 80.4. The Bertz CT molecular complexity index is 4070. The molecule has 9 amide bonds. The van der Waals surface area contributed by atoms with Crippen molar-refractivity contribution in [3.05, 3.63) is 180 Å². The first-order valence-corrected chi connectivity index (χ1v) is 36.7. The molecule has 562 valence electrons. The summed E-state index contributed by atoms with van der Waals surface area (Å²) in [6, 6.07) is 29.0. The van der Waals surface area contributed by atoms with E-state index in [1.807, 2.05) is 109 Å². The maximum atomic E-state index is 15.9. The molecule has 0 saturated carbocycles. The maximum absolute atomic E-state index is 15.9. The molecule has 8 aromatic rings. The van der Waals surface area contributed by atoms with Crippen molar-refractivity contribution in [3.8, 4) is 0 Å². The van der Waals surface area contributed by atoms with Crippen molar-refractivity contribution in [2.45, 2.75) is 176 Å². The Morgan fingerprint density at radius 2 is 0.581 bits per heavy atom. The molecule has 1 unspecified atom stereocenters. The van der Waals surface area contributed by atoms with Crippen molar-refractivity contribution in [1.82, 2.24) is 57.5 Å². The molecule has 3 heterocycles. The van der Waals surface area contributed by atoms with Gasteiger partial charge < -0.3 is 97.6 Å². The van der Waals surface area contributed by atoms with Gasteiger partial charge in [-0.05, 0) is 181 Å². The molecule has 0 spiro atoms. The summed E-state index contributed by atoms with van der Waals surface area (Å²) in [7, 11) is 0. The average Bonchev–Trinajstić information content (AvgIpc) is 0.940. The zero-order chi connectivity index (χ0) is 75.0. The molecule has 9 atom stereocenters. The second kappa shape index (κ2) is 41.9. The lowest BCUT2D eigenvalue weighted by atomic mass is 9.84. The number of rotatable bonds is 46. The predicted octanol–water partition coefficient (Wildman–Crippen LogP) is 3.33. The van der Waals surface area contributed by atoms with Gasteiger partial charge in [0.2, 0.25) is 53.2 Å². The van der Waals surface area contributed by atoms with Gasteiger partial charge in [-0.25, -0.2) is 0 Å². The van der Waals surface area contributed by atoms with Crippen LogP contribution in [-0.2, 0) is 62.4 Å². The summed E-state index contributed by atoms with van der Waals surface area (Å²) in [6.45, 7) is 1.47. The van der Waals surface area contributed by atoms with Gasteiger partial charge in [0, 0.05) is 70.1 Å². The molecule has 0 radical (unpaired) electrons. The summed E-state index contributed by atoms with van der Waals surface area (Å²) in [5, 5.41) is 25.8. The van der Waals surface area contributed by atoms with Crippen LogP contribution in [0.15, 0.2) is 152 Å². The largest absolute Gasteiger partial charge is 0.368 e. The van der Waals surface area contributed by atoms with E-state index in [-0.39, 0.29) is 71.0 Å². The smallest absolute Gasteiger partial charge is 0.244 e. The second-order valence-electron chi connectivity index (χ2n) is 26.8. The Balaban J connectivity index is 1.11. The third-order valence-corrected chi connectivity index (χ3v) is 19.1. The lowest BCUT2D eigenvalue weighted by Crippen LogP contribution is -2.61. The third-order valence-electron chi connectivity index (χ3n) is 19.1. The molecule has 5 aromatic carbocycles. The van der Waals surface area contributed by atoms with Crippen molar-refractivity contribution in [1.29, 1.82) is 0 Å². The molecule has 0 bridgehead atoms. The number of hydrogen-bond acceptors (Lipinski definition) is 15. The van der Waals surface area contributed by atoms with Crippen LogP contribution in [0.1, 0.15) is 130 Å². The van der Waals surface area contributed by atoms with Crippen molar-refractivity contribution in [3.63, 3.8) is 0 Å². The summed E-state index contributed by atoms with van der Waals surface area (Å²) < 4.78 is 0. The molecule has 0 saturated heterocycles. The molecule has 0 fully saturated rings. The number of fused-ring (bicyclic) bond motifs is 3. The summed E-state index contributed by atoms with van der Waals surface area (Å²) >= 11 is 0. The highest BCUT2D eigenvalue weighted by Crippen LogP contribution is 2.30. The quantitative estimate of drug-likeness (QED) is 0.0243. The van der Waals surface area contributed by atoms with Crippen molar-refractivity contribution >= 4 is 85.9 Å². The van der Waals surface area contributed by atoms with Gasteiger partial charge in [0.25, 0.3) is 0 Å². The lowest BCUT2D eigenvalue weighted by Gasteiger charge is -2.32. The number of nitrogens with two attached hydrogens (primary N) is 7. The van der Waals surface area contributed by atoms with Crippen LogP contribution in [0.2, 0.25) is 0 Å². The summed E-state index contributed by atoms with van der Waals surface area (Å²) in [5.41, 5.74) is 47.7. The summed E-state index contributed by atoms with van der Waals surface area (Å²) in [4.78, 5) is 143. The Kier molecular flexibility index (Phi) is 32.1. The lowest BCUT2D eigenvalue weighted by molar-refractivity contribution is -0.136. The minimum absolute atomic E-state index is 0.0179. The number of amides is 9. The summed E-state index contributed by atoms with van der Waals surface area (Å²) in [6.07, 6.45) is 10.3. The van der Waals surface area contributed by atoms with Gasteiger partial charge in [-0.2, -0.15) is 0 Å². The van der Waals surface area contributed by atoms with Crippen molar-refractivity contribution in [2.24, 2.45) is 40.1 Å². The summed E-state index contributed by atoms with van der Waals surface area (Å²) in [5.74, 6) is -7.52. The van der Waals surface area contributed by atoms with Crippen LogP contribution in [0.4, 0.5) is 0 Å². The molecule has 27 heteroatoms. The van der Waals surface area contributed by atoms with Crippen molar-refractivity contribution < 1.29 is 43.2 Å². The van der Waals surface area contributed by atoms with E-state index in [9.17, 15) is 24.0 Å². The molecule has 0 aliphatic carbocycles. The number of para-hydroxylation sites is 3. The normalized spacial score (nSPS) is 14.0. The van der Waals surface area contributed by atoms with Gasteiger partial charge in [0.1, 0.15) is 48.3 Å². The van der Waals surface area contributed by atoms with Crippen LogP contribution >= 0.6 is 0 Å². The van der Waals surface area contributed by atoms with Crippen LogP contribution in [0.5, 0.6) is 0 Å². The fourth-order valence-corrected chi connectivity index (χ4v) is 13.3. The highest BCUT2D eigenvalue weighted by molar-refractivity contribution is 6.00. The van der Waals surface area contributed by atoms with E-state index in [1.54, 1.807) is 42.9 Å². The zero-order valence-electron chi connectivity index (χ0n) is 59.7. The molecule has 105 heavy (non-hydrogen) atoms. The topological polar surface area (TPSA) is 479 Å². The second-order valence-corrected chi connectivity index (χ2v) is 26.8. The number of hydrogen-bond donors (Lipinski definition) is 18. The van der Waals surface area contributed by atoms with Crippen LogP contribution < -0.4 is 82.7 Å². The number of unbranched alkanes of at least 4 members (excludes halogenated alkanes) is 5. The molecule has 27 nitrogen and oxygen atoms in total. The minimum Gasteiger partial charge on any atom is -0.368 e.